The molecule has 0 aromatic heterocycles. The van der Waals surface area contributed by atoms with Crippen LogP contribution in [0.3, 0.4) is 0 Å². The Hall–Kier alpha value is -1.09. The smallest absolute Gasteiger partial charge is 0.173 e. The van der Waals surface area contributed by atoms with Gasteiger partial charge in [-0.25, -0.2) is 0 Å². The van der Waals surface area contributed by atoms with Crippen LogP contribution in [0, 0.1) is 11.3 Å². The van der Waals surface area contributed by atoms with Gasteiger partial charge in [0, 0.05) is 11.3 Å². The van der Waals surface area contributed by atoms with Crippen LogP contribution in [0.5, 0.6) is 5.75 Å². The first kappa shape index (κ1) is 10.8. The fraction of sp³-hybridized carbons (Fsp3) is 0.400. The number of carbonyl (C=O) groups excluding carboxylic acids is 1. The van der Waals surface area contributed by atoms with E-state index in [0.29, 0.717) is 5.75 Å². The minimum Gasteiger partial charge on any atom is -0.508 e. The van der Waals surface area contributed by atoms with Crippen molar-refractivity contribution in [3.05, 3.63) is 33.8 Å². The highest BCUT2D eigenvalue weighted by Gasteiger charge is 2.53. The SMILES string of the molecule is O=C1C(Br)=C2c3ccc(O)cc3C[C@@]23CC[C@@H]1C3. The van der Waals surface area contributed by atoms with Gasteiger partial charge in [-0.3, -0.25) is 4.79 Å². The number of ketones is 1. The molecule has 1 spiro atoms. The molecule has 1 aromatic rings. The highest BCUT2D eigenvalue weighted by atomic mass is 79.9. The Kier molecular flexibility index (Phi) is 1.96. The standard InChI is InChI=1S/C15H13BrO2/c16-13-12-11-2-1-10(17)5-9(11)7-15(12)4-3-8(6-15)14(13)18/h1-2,5,8,17H,3-4,6-7H2/t8-,15+/m1/s1. The summed E-state index contributed by atoms with van der Waals surface area (Å²) in [4.78, 5) is 12.2. The third-order valence-corrected chi connectivity index (χ3v) is 5.62. The first-order chi connectivity index (χ1) is 8.61. The molecule has 2 atom stereocenters. The zero-order valence-corrected chi connectivity index (χ0v) is 11.5. The second kappa shape index (κ2) is 3.27. The Balaban J connectivity index is 2.01. The third-order valence-electron chi connectivity index (χ3n) is 4.83. The van der Waals surface area contributed by atoms with Gasteiger partial charge in [-0.05, 0) is 70.4 Å². The average molecular weight is 305 g/mol. The summed E-state index contributed by atoms with van der Waals surface area (Å²) in [5.41, 5.74) is 3.72. The molecule has 0 amide bonds. The fourth-order valence-electron chi connectivity index (χ4n) is 4.10. The summed E-state index contributed by atoms with van der Waals surface area (Å²) >= 11 is 3.53. The van der Waals surface area contributed by atoms with Gasteiger partial charge in [0.2, 0.25) is 0 Å². The van der Waals surface area contributed by atoms with Crippen LogP contribution in [0.25, 0.3) is 5.57 Å². The molecule has 1 saturated carbocycles. The lowest BCUT2D eigenvalue weighted by Crippen LogP contribution is -2.25. The van der Waals surface area contributed by atoms with Crippen LogP contribution in [-0.2, 0) is 11.2 Å². The van der Waals surface area contributed by atoms with Crippen molar-refractivity contribution in [2.45, 2.75) is 25.7 Å². The highest BCUT2D eigenvalue weighted by Crippen LogP contribution is 2.63. The van der Waals surface area contributed by atoms with Gasteiger partial charge in [0.25, 0.3) is 0 Å². The van der Waals surface area contributed by atoms with E-state index in [4.69, 9.17) is 0 Å². The Labute approximate surface area is 114 Å². The molecule has 92 valence electrons. The van der Waals surface area contributed by atoms with E-state index in [1.807, 2.05) is 12.1 Å². The largest absolute Gasteiger partial charge is 0.508 e. The summed E-state index contributed by atoms with van der Waals surface area (Å²) in [6.07, 6.45) is 4.08. The van der Waals surface area contributed by atoms with E-state index in [1.165, 1.54) is 11.1 Å². The van der Waals surface area contributed by atoms with Gasteiger partial charge in [-0.15, -0.1) is 0 Å². The van der Waals surface area contributed by atoms with Gasteiger partial charge in [0.05, 0.1) is 4.48 Å². The lowest BCUT2D eigenvalue weighted by Gasteiger charge is -2.30. The average Bonchev–Trinajstić information content (AvgIpc) is 2.86. The van der Waals surface area contributed by atoms with Gasteiger partial charge in [-0.2, -0.15) is 0 Å². The van der Waals surface area contributed by atoms with Crippen molar-refractivity contribution in [3.8, 4) is 5.75 Å². The molecule has 3 aliphatic carbocycles. The molecule has 4 rings (SSSR count). The summed E-state index contributed by atoms with van der Waals surface area (Å²) in [5, 5.41) is 9.62. The number of Topliss-reactive ketones (excluding diaryl/α,β-unsaturated/α-hetero) is 1. The molecule has 1 fully saturated rings. The normalized spacial score (nSPS) is 32.7. The van der Waals surface area contributed by atoms with Crippen molar-refractivity contribution in [1.29, 1.82) is 0 Å². The first-order valence-corrected chi connectivity index (χ1v) is 7.17. The quantitative estimate of drug-likeness (QED) is 0.797. The predicted octanol–water partition coefficient (Wildman–Crippen LogP) is 3.42. The van der Waals surface area contributed by atoms with Gasteiger partial charge >= 0.3 is 0 Å². The van der Waals surface area contributed by atoms with Crippen LogP contribution in [0.2, 0.25) is 0 Å². The van der Waals surface area contributed by atoms with Crippen LogP contribution in [0.15, 0.2) is 22.7 Å². The molecule has 0 aliphatic heterocycles. The monoisotopic (exact) mass is 304 g/mol. The number of phenols is 1. The van der Waals surface area contributed by atoms with E-state index >= 15 is 0 Å². The number of hydrogen-bond donors (Lipinski definition) is 1. The number of aromatic hydroxyl groups is 1. The predicted molar refractivity (Wildman–Crippen MR) is 72.4 cm³/mol. The summed E-state index contributed by atoms with van der Waals surface area (Å²) < 4.78 is 0.792. The van der Waals surface area contributed by atoms with E-state index in [9.17, 15) is 9.90 Å². The van der Waals surface area contributed by atoms with Gasteiger partial charge < -0.3 is 5.11 Å². The number of benzene rings is 1. The molecule has 3 heteroatoms. The van der Waals surface area contributed by atoms with Crippen molar-refractivity contribution >= 4 is 27.3 Å². The van der Waals surface area contributed by atoms with Crippen molar-refractivity contribution in [2.75, 3.05) is 0 Å². The summed E-state index contributed by atoms with van der Waals surface area (Å²) in [7, 11) is 0. The van der Waals surface area contributed by atoms with Gasteiger partial charge in [0.15, 0.2) is 5.78 Å². The van der Waals surface area contributed by atoms with Crippen LogP contribution in [0.1, 0.15) is 30.4 Å². The van der Waals surface area contributed by atoms with Crippen molar-refractivity contribution in [2.24, 2.45) is 11.3 Å². The summed E-state index contributed by atoms with van der Waals surface area (Å²) in [6.45, 7) is 0. The molecule has 1 N–H and O–H groups in total. The zero-order chi connectivity index (χ0) is 12.5. The van der Waals surface area contributed by atoms with E-state index in [2.05, 4.69) is 15.9 Å². The highest BCUT2D eigenvalue weighted by molar-refractivity contribution is 9.12. The van der Waals surface area contributed by atoms with Crippen LogP contribution < -0.4 is 0 Å². The van der Waals surface area contributed by atoms with Crippen LogP contribution in [0.4, 0.5) is 0 Å². The zero-order valence-electron chi connectivity index (χ0n) is 9.87. The Morgan fingerprint density at radius 2 is 2.22 bits per heavy atom. The number of phenolic OH excluding ortho intramolecular Hbond substituents is 1. The molecule has 18 heavy (non-hydrogen) atoms. The number of allylic oxidation sites excluding steroid dienone is 2. The molecule has 0 unspecified atom stereocenters. The minimum atomic E-state index is 0.160. The lowest BCUT2D eigenvalue weighted by molar-refractivity contribution is -0.118. The van der Waals surface area contributed by atoms with E-state index in [-0.39, 0.29) is 17.1 Å². The van der Waals surface area contributed by atoms with E-state index in [0.717, 1.165) is 35.7 Å². The molecule has 1 aromatic carbocycles. The van der Waals surface area contributed by atoms with Crippen molar-refractivity contribution in [3.63, 3.8) is 0 Å². The molecular formula is C15H13BrO2. The molecule has 2 nitrogen and oxygen atoms in total. The van der Waals surface area contributed by atoms with E-state index in [1.54, 1.807) is 6.07 Å². The van der Waals surface area contributed by atoms with Crippen molar-refractivity contribution in [1.82, 2.24) is 0 Å². The maximum atomic E-state index is 12.2. The Morgan fingerprint density at radius 3 is 3.06 bits per heavy atom. The third kappa shape index (κ3) is 1.16. The first-order valence-electron chi connectivity index (χ1n) is 6.37. The Morgan fingerprint density at radius 1 is 1.39 bits per heavy atom. The van der Waals surface area contributed by atoms with E-state index < -0.39 is 0 Å². The van der Waals surface area contributed by atoms with Gasteiger partial charge in [0.1, 0.15) is 5.75 Å². The second-order valence-electron chi connectivity index (χ2n) is 5.79. The second-order valence-corrected chi connectivity index (χ2v) is 6.58. The molecular weight excluding hydrogens is 292 g/mol. The number of carbonyl (C=O) groups is 1. The number of fused-ring (bicyclic) bond motifs is 3. The van der Waals surface area contributed by atoms with Crippen LogP contribution >= 0.6 is 15.9 Å². The maximum absolute atomic E-state index is 12.2. The van der Waals surface area contributed by atoms with Crippen molar-refractivity contribution < 1.29 is 9.90 Å². The number of hydrogen-bond acceptors (Lipinski definition) is 2. The minimum absolute atomic E-state index is 0.160. The lowest BCUT2D eigenvalue weighted by atomic mass is 9.74. The molecule has 0 radical (unpaired) electrons. The molecule has 2 bridgehead atoms. The van der Waals surface area contributed by atoms with Crippen LogP contribution in [-0.4, -0.2) is 10.9 Å². The Bertz CT molecular complexity index is 617. The fourth-order valence-corrected chi connectivity index (χ4v) is 5.06. The molecule has 0 heterocycles. The molecule has 0 saturated heterocycles. The number of rotatable bonds is 0. The van der Waals surface area contributed by atoms with Gasteiger partial charge in [-0.1, -0.05) is 6.07 Å². The summed E-state index contributed by atoms with van der Waals surface area (Å²) in [6, 6.07) is 5.53. The maximum Gasteiger partial charge on any atom is 0.173 e. The molecule has 3 aliphatic rings. The summed E-state index contributed by atoms with van der Waals surface area (Å²) in [5.74, 6) is 0.812. The topological polar surface area (TPSA) is 37.3 Å². The number of halogens is 1.